The first-order valence-electron chi connectivity index (χ1n) is 9.95. The smallest absolute Gasteiger partial charge is 0.250 e. The molecule has 7 heteroatoms. The van der Waals surface area contributed by atoms with Crippen LogP contribution in [-0.4, -0.2) is 39.6 Å². The summed E-state index contributed by atoms with van der Waals surface area (Å²) >= 11 is 0. The first-order valence-corrected chi connectivity index (χ1v) is 9.95. The highest BCUT2D eigenvalue weighted by Crippen LogP contribution is 2.37. The number of nitrogens with one attached hydrogen (secondary N) is 2. The zero-order chi connectivity index (χ0) is 18.3. The quantitative estimate of drug-likeness (QED) is 0.867. The zero-order valence-corrected chi connectivity index (χ0v) is 15.4. The molecule has 0 radical (unpaired) electrons. The molecule has 3 aliphatic rings. The van der Waals surface area contributed by atoms with Crippen LogP contribution in [0.4, 0.5) is 11.4 Å². The largest absolute Gasteiger partial charge is 0.369 e. The lowest BCUT2D eigenvalue weighted by molar-refractivity contribution is -0.122. The molecule has 1 spiro atoms. The third-order valence-electron chi connectivity index (χ3n) is 6.25. The Labute approximate surface area is 158 Å². The minimum absolute atomic E-state index is 0.0731. The van der Waals surface area contributed by atoms with Crippen LogP contribution in [0.1, 0.15) is 56.2 Å². The molecule has 1 saturated carbocycles. The zero-order valence-electron chi connectivity index (χ0n) is 15.4. The number of likely N-dealkylation sites (tertiary alicyclic amines) is 1. The van der Waals surface area contributed by atoms with Gasteiger partial charge in [-0.3, -0.25) is 9.69 Å². The van der Waals surface area contributed by atoms with Gasteiger partial charge >= 0.3 is 0 Å². The third-order valence-corrected chi connectivity index (χ3v) is 6.25. The van der Waals surface area contributed by atoms with Crippen LogP contribution in [0.3, 0.4) is 0 Å². The van der Waals surface area contributed by atoms with Gasteiger partial charge in [-0.25, -0.2) is 0 Å². The molecule has 0 unspecified atom stereocenters. The fraction of sp³-hybridized carbons (Fsp3) is 0.550. The molecule has 1 amide bonds. The van der Waals surface area contributed by atoms with E-state index in [1.807, 2.05) is 24.3 Å². The fourth-order valence-corrected chi connectivity index (χ4v) is 4.57. The van der Waals surface area contributed by atoms with E-state index in [2.05, 4.69) is 25.7 Å². The SMILES string of the molecule is O=C1Nc2ccccc2NC12CCN(Cc1noc(C3CCCC3)n1)CC2. The Bertz CT molecular complexity index is 834. The van der Waals surface area contributed by atoms with E-state index in [4.69, 9.17) is 4.52 Å². The number of benzene rings is 1. The summed E-state index contributed by atoms with van der Waals surface area (Å²) in [6.45, 7) is 2.34. The lowest BCUT2D eigenvalue weighted by Crippen LogP contribution is -2.58. The van der Waals surface area contributed by atoms with E-state index in [9.17, 15) is 4.79 Å². The van der Waals surface area contributed by atoms with E-state index < -0.39 is 5.54 Å². The summed E-state index contributed by atoms with van der Waals surface area (Å²) in [5.74, 6) is 2.09. The van der Waals surface area contributed by atoms with Crippen LogP contribution in [0.2, 0.25) is 0 Å². The average molecular weight is 367 g/mol. The van der Waals surface area contributed by atoms with Gasteiger partial charge in [0.05, 0.1) is 17.9 Å². The van der Waals surface area contributed by atoms with Crippen molar-refractivity contribution in [3.63, 3.8) is 0 Å². The molecule has 27 heavy (non-hydrogen) atoms. The van der Waals surface area contributed by atoms with Gasteiger partial charge in [-0.15, -0.1) is 0 Å². The molecule has 5 rings (SSSR count). The number of para-hydroxylation sites is 2. The second kappa shape index (κ2) is 6.64. The highest BCUT2D eigenvalue weighted by Gasteiger charge is 2.44. The van der Waals surface area contributed by atoms with Crippen molar-refractivity contribution in [2.24, 2.45) is 0 Å². The summed E-state index contributed by atoms with van der Waals surface area (Å²) < 4.78 is 5.49. The van der Waals surface area contributed by atoms with Crippen molar-refractivity contribution in [1.29, 1.82) is 0 Å². The Balaban J connectivity index is 1.22. The van der Waals surface area contributed by atoms with E-state index >= 15 is 0 Å². The van der Waals surface area contributed by atoms with Crippen LogP contribution < -0.4 is 10.6 Å². The molecular formula is C20H25N5O2. The Kier molecular flexibility index (Phi) is 4.11. The van der Waals surface area contributed by atoms with Crippen molar-refractivity contribution in [3.8, 4) is 0 Å². The highest BCUT2D eigenvalue weighted by atomic mass is 16.5. The molecule has 1 aromatic heterocycles. The predicted molar refractivity (Wildman–Crippen MR) is 101 cm³/mol. The number of carbonyl (C=O) groups is 1. The molecule has 7 nitrogen and oxygen atoms in total. The Morgan fingerprint density at radius 3 is 2.67 bits per heavy atom. The molecule has 2 fully saturated rings. The van der Waals surface area contributed by atoms with Crippen LogP contribution in [0, 0.1) is 0 Å². The van der Waals surface area contributed by atoms with Crippen molar-refractivity contribution >= 4 is 17.3 Å². The molecule has 3 heterocycles. The lowest BCUT2D eigenvalue weighted by Gasteiger charge is -2.44. The van der Waals surface area contributed by atoms with Gasteiger partial charge in [-0.2, -0.15) is 4.98 Å². The number of piperidine rings is 1. The van der Waals surface area contributed by atoms with Crippen molar-refractivity contribution in [2.45, 2.75) is 56.5 Å². The Hall–Kier alpha value is -2.41. The number of aromatic nitrogens is 2. The monoisotopic (exact) mass is 367 g/mol. The molecule has 2 N–H and O–H groups in total. The van der Waals surface area contributed by atoms with E-state index in [1.165, 1.54) is 12.8 Å². The van der Waals surface area contributed by atoms with Crippen molar-refractivity contribution in [2.75, 3.05) is 23.7 Å². The van der Waals surface area contributed by atoms with Gasteiger partial charge in [0, 0.05) is 19.0 Å². The predicted octanol–water partition coefficient (Wildman–Crippen LogP) is 3.13. The van der Waals surface area contributed by atoms with E-state index in [0.717, 1.165) is 61.9 Å². The van der Waals surface area contributed by atoms with Crippen LogP contribution >= 0.6 is 0 Å². The summed E-state index contributed by atoms with van der Waals surface area (Å²) in [5, 5.41) is 10.7. The van der Waals surface area contributed by atoms with Crippen LogP contribution in [0.5, 0.6) is 0 Å². The van der Waals surface area contributed by atoms with E-state index in [0.29, 0.717) is 12.5 Å². The molecule has 142 valence electrons. The number of amides is 1. The Morgan fingerprint density at radius 2 is 1.89 bits per heavy atom. The number of anilines is 2. The number of hydrogen-bond acceptors (Lipinski definition) is 6. The average Bonchev–Trinajstić information content (AvgIpc) is 3.36. The van der Waals surface area contributed by atoms with Gasteiger partial charge < -0.3 is 15.2 Å². The highest BCUT2D eigenvalue weighted by molar-refractivity contribution is 6.06. The summed E-state index contributed by atoms with van der Waals surface area (Å²) in [7, 11) is 0. The number of carbonyl (C=O) groups excluding carboxylic acids is 1. The molecular weight excluding hydrogens is 342 g/mol. The second-order valence-electron chi connectivity index (χ2n) is 8.01. The number of hydrogen-bond donors (Lipinski definition) is 2. The van der Waals surface area contributed by atoms with Gasteiger partial charge in [-0.1, -0.05) is 30.1 Å². The molecule has 2 aliphatic heterocycles. The first-order chi connectivity index (χ1) is 13.2. The van der Waals surface area contributed by atoms with E-state index in [1.54, 1.807) is 0 Å². The maximum atomic E-state index is 12.7. The molecule has 1 aliphatic carbocycles. The van der Waals surface area contributed by atoms with Crippen molar-refractivity contribution in [1.82, 2.24) is 15.0 Å². The van der Waals surface area contributed by atoms with Gasteiger partial charge in [0.1, 0.15) is 5.54 Å². The fourth-order valence-electron chi connectivity index (χ4n) is 4.57. The first kappa shape index (κ1) is 16.7. The summed E-state index contributed by atoms with van der Waals surface area (Å²) in [4.78, 5) is 19.6. The van der Waals surface area contributed by atoms with Gasteiger partial charge in [0.2, 0.25) is 11.8 Å². The molecule has 1 saturated heterocycles. The van der Waals surface area contributed by atoms with Crippen molar-refractivity contribution < 1.29 is 9.32 Å². The van der Waals surface area contributed by atoms with Crippen molar-refractivity contribution in [3.05, 3.63) is 36.0 Å². The Morgan fingerprint density at radius 1 is 1.15 bits per heavy atom. The molecule has 0 bridgehead atoms. The minimum Gasteiger partial charge on any atom is -0.369 e. The standard InChI is InChI=1S/C20H25N5O2/c26-19-20(23-16-8-4-3-7-15(16)21-19)9-11-25(12-10-20)13-17-22-18(27-24-17)14-5-1-2-6-14/h3-4,7-8,14,23H,1-2,5-6,9-13H2,(H,21,26). The number of nitrogens with zero attached hydrogens (tertiary/aromatic N) is 3. The lowest BCUT2D eigenvalue weighted by atomic mass is 9.84. The van der Waals surface area contributed by atoms with Gasteiger partial charge in [0.25, 0.3) is 0 Å². The maximum Gasteiger partial charge on any atom is 0.250 e. The van der Waals surface area contributed by atoms with E-state index in [-0.39, 0.29) is 5.91 Å². The molecule has 0 atom stereocenters. The number of rotatable bonds is 3. The van der Waals surface area contributed by atoms with Crippen LogP contribution in [0.15, 0.2) is 28.8 Å². The third kappa shape index (κ3) is 3.10. The normalized spacial score (nSPS) is 22.4. The van der Waals surface area contributed by atoms with Crippen LogP contribution in [-0.2, 0) is 11.3 Å². The summed E-state index contributed by atoms with van der Waals surface area (Å²) in [6.07, 6.45) is 6.37. The molecule has 1 aromatic carbocycles. The number of fused-ring (bicyclic) bond motifs is 1. The topological polar surface area (TPSA) is 83.3 Å². The van der Waals surface area contributed by atoms with Gasteiger partial charge in [-0.05, 0) is 37.8 Å². The maximum absolute atomic E-state index is 12.7. The van der Waals surface area contributed by atoms with Crippen LogP contribution in [0.25, 0.3) is 0 Å². The van der Waals surface area contributed by atoms with Gasteiger partial charge in [0.15, 0.2) is 5.82 Å². The second-order valence-corrected chi connectivity index (χ2v) is 8.01. The summed E-state index contributed by atoms with van der Waals surface area (Å²) in [6, 6.07) is 7.88. The summed E-state index contributed by atoms with van der Waals surface area (Å²) in [5.41, 5.74) is 1.35. The molecule has 2 aromatic rings. The minimum atomic E-state index is -0.517.